The molecule has 12 heteroatoms. The largest absolute Gasteiger partial charge is 0.408 e. The van der Waals surface area contributed by atoms with E-state index in [0.717, 1.165) is 25.7 Å². The Morgan fingerprint density at radius 2 is 1.95 bits per heavy atom. The highest BCUT2D eigenvalue weighted by Gasteiger charge is 2.43. The standard InChI is InChI=1S/C25H29F3N6O2S/c1-24(2,3)37(36)33-21(25(26,27)28)15-8-6-9-17(13-15)31-22-20-19(11-12-30-23(20)35)34(32-22)18-10-5-4-7-16(18)14-29/h6,8-9,11-13,16,18,21,33H,4-5,7,10H2,1-3H3,(H,30,35)(H,31,32)/t16-,18+,21+,37+/m1/s1. The van der Waals surface area contributed by atoms with Crippen molar-refractivity contribution < 1.29 is 17.4 Å². The summed E-state index contributed by atoms with van der Waals surface area (Å²) in [6.45, 7) is 4.76. The van der Waals surface area contributed by atoms with Crippen LogP contribution in [0.4, 0.5) is 24.7 Å². The van der Waals surface area contributed by atoms with Crippen molar-refractivity contribution in [3.05, 3.63) is 52.4 Å². The van der Waals surface area contributed by atoms with E-state index in [9.17, 15) is 27.4 Å². The molecule has 8 nitrogen and oxygen atoms in total. The van der Waals surface area contributed by atoms with Gasteiger partial charge in [0.05, 0.1) is 39.3 Å². The molecule has 0 bridgehead atoms. The first-order valence-electron chi connectivity index (χ1n) is 12.0. The molecule has 2 heterocycles. The molecule has 3 aromatic rings. The zero-order chi connectivity index (χ0) is 27.0. The van der Waals surface area contributed by atoms with Gasteiger partial charge in [0.25, 0.3) is 5.56 Å². The number of nitrogens with one attached hydrogen (secondary N) is 3. The Hall–Kier alpha value is -3.17. The molecule has 3 N–H and O–H groups in total. The van der Waals surface area contributed by atoms with E-state index in [-0.39, 0.29) is 34.4 Å². The second-order valence-corrected chi connectivity index (χ2v) is 12.2. The Labute approximate surface area is 214 Å². The topological polar surface area (TPSA) is 116 Å². The highest BCUT2D eigenvalue weighted by molar-refractivity contribution is 7.84. The molecule has 1 aromatic carbocycles. The monoisotopic (exact) mass is 534 g/mol. The minimum Gasteiger partial charge on any atom is -0.338 e. The number of rotatable bonds is 6. The smallest absolute Gasteiger partial charge is 0.338 e. The van der Waals surface area contributed by atoms with Gasteiger partial charge in [-0.15, -0.1) is 0 Å². The molecule has 1 aliphatic carbocycles. The number of aromatic amines is 1. The predicted molar refractivity (Wildman–Crippen MR) is 137 cm³/mol. The molecule has 1 saturated carbocycles. The summed E-state index contributed by atoms with van der Waals surface area (Å²) in [5.74, 6) is -0.0688. The number of fused-ring (bicyclic) bond motifs is 1. The first kappa shape index (κ1) is 26.9. The number of hydrogen-bond acceptors (Lipinski definition) is 5. The highest BCUT2D eigenvalue weighted by Crippen LogP contribution is 2.38. The summed E-state index contributed by atoms with van der Waals surface area (Å²) in [7, 11) is -1.96. The number of halogens is 3. The summed E-state index contributed by atoms with van der Waals surface area (Å²) >= 11 is 0. The molecule has 2 aromatic heterocycles. The summed E-state index contributed by atoms with van der Waals surface area (Å²) in [5.41, 5.74) is 0.294. The number of alkyl halides is 3. The van der Waals surface area contributed by atoms with Crippen molar-refractivity contribution in [3.63, 3.8) is 0 Å². The van der Waals surface area contributed by atoms with E-state index in [0.29, 0.717) is 5.52 Å². The van der Waals surface area contributed by atoms with Crippen LogP contribution in [0.5, 0.6) is 0 Å². The molecule has 0 radical (unpaired) electrons. The number of H-pyrrole nitrogens is 1. The van der Waals surface area contributed by atoms with Gasteiger partial charge in [-0.1, -0.05) is 25.0 Å². The van der Waals surface area contributed by atoms with Crippen LogP contribution < -0.4 is 15.6 Å². The molecule has 1 aliphatic rings. The number of nitriles is 1. The minimum atomic E-state index is -4.70. The molecular weight excluding hydrogens is 505 g/mol. The fraction of sp³-hybridized carbons (Fsp3) is 0.480. The SMILES string of the molecule is CC(C)(C)[S@](=O)N[C@@H](c1cccc(Nc2nn([C@H]3CCCC[C@@H]3C#N)c3cc[nH]c(=O)c23)c1)C(F)(F)F. The summed E-state index contributed by atoms with van der Waals surface area (Å²) in [4.78, 5) is 15.4. The van der Waals surface area contributed by atoms with Crippen LogP contribution in [-0.4, -0.2) is 29.9 Å². The van der Waals surface area contributed by atoms with Gasteiger partial charge in [-0.3, -0.25) is 9.48 Å². The molecule has 0 amide bonds. The average molecular weight is 535 g/mol. The van der Waals surface area contributed by atoms with E-state index in [1.165, 1.54) is 24.4 Å². The van der Waals surface area contributed by atoms with Crippen LogP contribution >= 0.6 is 0 Å². The summed E-state index contributed by atoms with van der Waals surface area (Å²) < 4.78 is 57.3. The van der Waals surface area contributed by atoms with Crippen molar-refractivity contribution in [3.8, 4) is 6.07 Å². The van der Waals surface area contributed by atoms with Crippen LogP contribution in [0.1, 0.15) is 64.1 Å². The average Bonchev–Trinajstić information content (AvgIpc) is 3.20. The first-order valence-corrected chi connectivity index (χ1v) is 13.2. The summed E-state index contributed by atoms with van der Waals surface area (Å²) in [6, 6.07) is 7.30. The van der Waals surface area contributed by atoms with Gasteiger partial charge >= 0.3 is 6.18 Å². The number of anilines is 2. The third-order valence-electron chi connectivity index (χ3n) is 6.43. The lowest BCUT2D eigenvalue weighted by Gasteiger charge is -2.27. The maximum atomic E-state index is 13.9. The third-order valence-corrected chi connectivity index (χ3v) is 7.99. The van der Waals surface area contributed by atoms with Gasteiger partial charge in [-0.25, -0.2) is 8.93 Å². The number of hydrogen-bond donors (Lipinski definition) is 3. The molecule has 0 unspecified atom stereocenters. The molecule has 37 heavy (non-hydrogen) atoms. The van der Waals surface area contributed by atoms with E-state index >= 15 is 0 Å². The van der Waals surface area contributed by atoms with Crippen LogP contribution in [0.25, 0.3) is 10.9 Å². The maximum absolute atomic E-state index is 13.9. The minimum absolute atomic E-state index is 0.135. The van der Waals surface area contributed by atoms with Crippen LogP contribution in [0.2, 0.25) is 0 Å². The first-order chi connectivity index (χ1) is 17.4. The lowest BCUT2D eigenvalue weighted by Crippen LogP contribution is -2.41. The Morgan fingerprint density at radius 1 is 1.22 bits per heavy atom. The zero-order valence-corrected chi connectivity index (χ0v) is 21.5. The summed E-state index contributed by atoms with van der Waals surface area (Å²) in [6.07, 6.45) is 0.157. The van der Waals surface area contributed by atoms with Gasteiger partial charge < -0.3 is 10.3 Å². The van der Waals surface area contributed by atoms with E-state index in [1.54, 1.807) is 37.6 Å². The van der Waals surface area contributed by atoms with Crippen LogP contribution in [0.15, 0.2) is 41.3 Å². The van der Waals surface area contributed by atoms with Crippen LogP contribution in [0, 0.1) is 17.2 Å². The summed E-state index contributed by atoms with van der Waals surface area (Å²) in [5, 5.41) is 17.5. The lowest BCUT2D eigenvalue weighted by molar-refractivity contribution is -0.152. The molecule has 198 valence electrons. The fourth-order valence-corrected chi connectivity index (χ4v) is 5.37. The predicted octanol–water partition coefficient (Wildman–Crippen LogP) is 5.38. The lowest BCUT2D eigenvalue weighted by atomic mass is 9.85. The Kier molecular flexibility index (Phi) is 7.48. The number of benzene rings is 1. The Morgan fingerprint density at radius 3 is 2.62 bits per heavy atom. The number of pyridine rings is 1. The molecule has 0 aliphatic heterocycles. The normalized spacial score (nSPS) is 20.4. The van der Waals surface area contributed by atoms with Crippen molar-refractivity contribution in [2.75, 3.05) is 5.32 Å². The van der Waals surface area contributed by atoms with Crippen molar-refractivity contribution in [1.82, 2.24) is 19.5 Å². The van der Waals surface area contributed by atoms with Gasteiger partial charge in [0.2, 0.25) is 0 Å². The van der Waals surface area contributed by atoms with E-state index in [1.807, 2.05) is 0 Å². The number of nitrogens with zero attached hydrogens (tertiary/aromatic N) is 3. The van der Waals surface area contributed by atoms with Crippen LogP contribution in [-0.2, 0) is 11.0 Å². The van der Waals surface area contributed by atoms with Gasteiger partial charge in [0, 0.05) is 11.9 Å². The molecule has 4 rings (SSSR count). The third kappa shape index (κ3) is 5.72. The van der Waals surface area contributed by atoms with Gasteiger partial charge in [-0.05, 0) is 57.4 Å². The van der Waals surface area contributed by atoms with Crippen molar-refractivity contribution in [2.45, 2.75) is 69.5 Å². The van der Waals surface area contributed by atoms with Crippen molar-refractivity contribution in [2.24, 2.45) is 5.92 Å². The number of aromatic nitrogens is 3. The van der Waals surface area contributed by atoms with Crippen molar-refractivity contribution >= 4 is 33.4 Å². The van der Waals surface area contributed by atoms with Gasteiger partial charge in [-0.2, -0.15) is 23.5 Å². The highest BCUT2D eigenvalue weighted by atomic mass is 32.2. The van der Waals surface area contributed by atoms with Gasteiger partial charge in [0.1, 0.15) is 11.4 Å². The second kappa shape index (κ2) is 10.3. The molecule has 0 spiro atoms. The van der Waals surface area contributed by atoms with Gasteiger partial charge in [0.15, 0.2) is 5.82 Å². The fourth-order valence-electron chi connectivity index (χ4n) is 4.53. The zero-order valence-electron chi connectivity index (χ0n) is 20.7. The molecule has 0 saturated heterocycles. The quantitative estimate of drug-likeness (QED) is 0.393. The van der Waals surface area contributed by atoms with E-state index in [4.69, 9.17) is 0 Å². The molecule has 1 fully saturated rings. The maximum Gasteiger partial charge on any atom is 0.408 e. The van der Waals surface area contributed by atoms with E-state index in [2.05, 4.69) is 26.2 Å². The Bertz CT molecular complexity index is 1400. The van der Waals surface area contributed by atoms with Crippen LogP contribution in [0.3, 0.4) is 0 Å². The Balaban J connectivity index is 1.72. The molecule has 4 atom stereocenters. The second-order valence-electron chi connectivity index (χ2n) is 10.2. The van der Waals surface area contributed by atoms with E-state index < -0.39 is 33.5 Å². The van der Waals surface area contributed by atoms with Crippen molar-refractivity contribution in [1.29, 1.82) is 5.26 Å². The molecular formula is C25H29F3N6O2S.